The molecule has 0 aliphatic carbocycles. The van der Waals surface area contributed by atoms with Gasteiger partial charge in [0.15, 0.2) is 0 Å². The van der Waals surface area contributed by atoms with E-state index in [4.69, 9.17) is 16.3 Å². The van der Waals surface area contributed by atoms with Gasteiger partial charge in [-0.1, -0.05) is 18.0 Å². The lowest BCUT2D eigenvalue weighted by atomic mass is 10.0. The molecule has 0 radical (unpaired) electrons. The van der Waals surface area contributed by atoms with E-state index in [0.29, 0.717) is 23.7 Å². The van der Waals surface area contributed by atoms with Crippen molar-refractivity contribution in [2.24, 2.45) is 0 Å². The van der Waals surface area contributed by atoms with Crippen LogP contribution in [0.15, 0.2) is 12.4 Å². The molecule has 1 aromatic heterocycles. The number of nitrogens with one attached hydrogen (secondary N) is 1. The first kappa shape index (κ1) is 12.6. The van der Waals surface area contributed by atoms with Gasteiger partial charge in [-0.3, -0.25) is 0 Å². The molecule has 94 valence electrons. The van der Waals surface area contributed by atoms with E-state index in [9.17, 15) is 0 Å². The predicted molar refractivity (Wildman–Crippen MR) is 67.4 cm³/mol. The summed E-state index contributed by atoms with van der Waals surface area (Å²) in [4.78, 5) is 7.80. The number of piperidine rings is 1. The molecule has 1 atom stereocenters. The Morgan fingerprint density at radius 3 is 3.12 bits per heavy atom. The highest BCUT2D eigenvalue weighted by atomic mass is 35.5. The van der Waals surface area contributed by atoms with E-state index < -0.39 is 0 Å². The standard InChI is InChI=1S/C12H18ClN3O/c13-11-8-12(16-9-15-11)17-7-3-5-10-4-1-2-6-14-10/h8-10,14H,1-7H2/t10-/m1/s1. The minimum Gasteiger partial charge on any atom is -0.478 e. The van der Waals surface area contributed by atoms with Crippen LogP contribution in [0.1, 0.15) is 32.1 Å². The molecule has 0 spiro atoms. The smallest absolute Gasteiger partial charge is 0.217 e. The lowest BCUT2D eigenvalue weighted by molar-refractivity contribution is 0.276. The highest BCUT2D eigenvalue weighted by molar-refractivity contribution is 6.29. The average Bonchev–Trinajstić information content (AvgIpc) is 2.36. The Hall–Kier alpha value is -0.870. The Labute approximate surface area is 107 Å². The van der Waals surface area contributed by atoms with Crippen molar-refractivity contribution in [3.8, 4) is 5.88 Å². The molecule has 1 N–H and O–H groups in total. The second kappa shape index (κ2) is 6.77. The summed E-state index contributed by atoms with van der Waals surface area (Å²) in [7, 11) is 0. The van der Waals surface area contributed by atoms with Gasteiger partial charge in [0.1, 0.15) is 11.5 Å². The van der Waals surface area contributed by atoms with E-state index in [-0.39, 0.29) is 0 Å². The van der Waals surface area contributed by atoms with Crippen LogP contribution in [0.4, 0.5) is 0 Å². The fourth-order valence-electron chi connectivity index (χ4n) is 2.07. The van der Waals surface area contributed by atoms with Crippen LogP contribution >= 0.6 is 11.6 Å². The van der Waals surface area contributed by atoms with Gasteiger partial charge in [0, 0.05) is 12.1 Å². The van der Waals surface area contributed by atoms with Crippen LogP contribution in [0, 0.1) is 0 Å². The number of nitrogens with zero attached hydrogens (tertiary/aromatic N) is 2. The molecule has 2 rings (SSSR count). The quantitative estimate of drug-likeness (QED) is 0.649. The van der Waals surface area contributed by atoms with Crippen LogP contribution in [0.2, 0.25) is 5.15 Å². The van der Waals surface area contributed by atoms with Crippen LogP contribution < -0.4 is 10.1 Å². The van der Waals surface area contributed by atoms with Crippen LogP contribution in [0.25, 0.3) is 0 Å². The maximum atomic E-state index is 5.74. The van der Waals surface area contributed by atoms with E-state index in [1.54, 1.807) is 6.07 Å². The van der Waals surface area contributed by atoms with Crippen LogP contribution in [-0.4, -0.2) is 29.2 Å². The molecule has 0 saturated carbocycles. The molecule has 2 heterocycles. The Kier molecular flexibility index (Phi) is 5.01. The first-order valence-electron chi connectivity index (χ1n) is 6.18. The molecule has 1 saturated heterocycles. The fourth-order valence-corrected chi connectivity index (χ4v) is 2.21. The van der Waals surface area contributed by atoms with Crippen LogP contribution in [-0.2, 0) is 0 Å². The summed E-state index contributed by atoms with van der Waals surface area (Å²) in [6.07, 6.45) is 7.57. The molecule has 0 amide bonds. The number of hydrogen-bond donors (Lipinski definition) is 1. The zero-order valence-corrected chi connectivity index (χ0v) is 10.6. The maximum absolute atomic E-state index is 5.74. The Bertz CT molecular complexity index is 342. The third-order valence-corrected chi connectivity index (χ3v) is 3.17. The lowest BCUT2D eigenvalue weighted by Crippen LogP contribution is -2.34. The summed E-state index contributed by atoms with van der Waals surface area (Å²) < 4.78 is 5.51. The summed E-state index contributed by atoms with van der Waals surface area (Å²) in [5.41, 5.74) is 0. The highest BCUT2D eigenvalue weighted by Gasteiger charge is 2.11. The summed E-state index contributed by atoms with van der Waals surface area (Å²) in [6, 6.07) is 2.31. The average molecular weight is 256 g/mol. The third-order valence-electron chi connectivity index (χ3n) is 2.97. The Morgan fingerprint density at radius 2 is 2.35 bits per heavy atom. The van der Waals surface area contributed by atoms with E-state index >= 15 is 0 Å². The largest absolute Gasteiger partial charge is 0.478 e. The minimum atomic E-state index is 0.420. The molecule has 0 bridgehead atoms. The topological polar surface area (TPSA) is 47.0 Å². The maximum Gasteiger partial charge on any atom is 0.217 e. The second-order valence-corrected chi connectivity index (χ2v) is 4.70. The Morgan fingerprint density at radius 1 is 1.41 bits per heavy atom. The monoisotopic (exact) mass is 255 g/mol. The SMILES string of the molecule is Clc1cc(OCCC[C@H]2CCCCN2)ncn1. The Balaban J connectivity index is 1.62. The number of hydrogen-bond acceptors (Lipinski definition) is 4. The van der Waals surface area contributed by atoms with Gasteiger partial charge in [-0.2, -0.15) is 0 Å². The fraction of sp³-hybridized carbons (Fsp3) is 0.667. The zero-order chi connectivity index (χ0) is 11.9. The van der Waals surface area contributed by atoms with E-state index in [1.165, 1.54) is 32.0 Å². The molecule has 0 aromatic carbocycles. The van der Waals surface area contributed by atoms with Gasteiger partial charge >= 0.3 is 0 Å². The summed E-state index contributed by atoms with van der Waals surface area (Å²) >= 11 is 5.74. The third kappa shape index (κ3) is 4.48. The molecule has 1 aliphatic heterocycles. The van der Waals surface area contributed by atoms with Gasteiger partial charge in [0.2, 0.25) is 5.88 Å². The van der Waals surface area contributed by atoms with Gasteiger partial charge in [-0.25, -0.2) is 9.97 Å². The number of halogens is 1. The highest BCUT2D eigenvalue weighted by Crippen LogP contribution is 2.14. The zero-order valence-electron chi connectivity index (χ0n) is 9.86. The van der Waals surface area contributed by atoms with Crippen molar-refractivity contribution in [1.29, 1.82) is 0 Å². The van der Waals surface area contributed by atoms with Gasteiger partial charge in [-0.05, 0) is 32.2 Å². The first-order valence-corrected chi connectivity index (χ1v) is 6.56. The number of rotatable bonds is 5. The molecule has 1 fully saturated rings. The van der Waals surface area contributed by atoms with Crippen molar-refractivity contribution in [2.75, 3.05) is 13.2 Å². The number of aromatic nitrogens is 2. The van der Waals surface area contributed by atoms with E-state index in [1.807, 2.05) is 0 Å². The van der Waals surface area contributed by atoms with Gasteiger partial charge in [0.25, 0.3) is 0 Å². The molecular weight excluding hydrogens is 238 g/mol. The van der Waals surface area contributed by atoms with Crippen molar-refractivity contribution >= 4 is 11.6 Å². The summed E-state index contributed by atoms with van der Waals surface area (Å²) in [6.45, 7) is 1.85. The van der Waals surface area contributed by atoms with Crippen LogP contribution in [0.5, 0.6) is 5.88 Å². The molecule has 17 heavy (non-hydrogen) atoms. The molecular formula is C12H18ClN3O. The number of ether oxygens (including phenoxy) is 1. The van der Waals surface area contributed by atoms with Crippen molar-refractivity contribution in [1.82, 2.24) is 15.3 Å². The molecule has 4 nitrogen and oxygen atoms in total. The minimum absolute atomic E-state index is 0.420. The predicted octanol–water partition coefficient (Wildman–Crippen LogP) is 2.43. The summed E-state index contributed by atoms with van der Waals surface area (Å²) in [5.74, 6) is 0.557. The molecule has 1 aromatic rings. The second-order valence-electron chi connectivity index (χ2n) is 4.32. The lowest BCUT2D eigenvalue weighted by Gasteiger charge is -2.23. The van der Waals surface area contributed by atoms with Gasteiger partial charge in [0.05, 0.1) is 6.61 Å². The van der Waals surface area contributed by atoms with E-state index in [0.717, 1.165) is 13.0 Å². The van der Waals surface area contributed by atoms with Crippen molar-refractivity contribution < 1.29 is 4.74 Å². The molecule has 5 heteroatoms. The molecule has 1 aliphatic rings. The van der Waals surface area contributed by atoms with Gasteiger partial charge < -0.3 is 10.1 Å². The van der Waals surface area contributed by atoms with Crippen molar-refractivity contribution in [3.05, 3.63) is 17.5 Å². The van der Waals surface area contributed by atoms with Gasteiger partial charge in [-0.15, -0.1) is 0 Å². The van der Waals surface area contributed by atoms with Crippen molar-refractivity contribution in [3.63, 3.8) is 0 Å². The first-order chi connectivity index (χ1) is 8.34. The van der Waals surface area contributed by atoms with E-state index in [2.05, 4.69) is 15.3 Å². The van der Waals surface area contributed by atoms with Crippen molar-refractivity contribution in [2.45, 2.75) is 38.1 Å². The normalized spacial score (nSPS) is 20.2. The van der Waals surface area contributed by atoms with Crippen LogP contribution in [0.3, 0.4) is 0 Å². The summed E-state index contributed by atoms with van der Waals surface area (Å²) in [5, 5.41) is 3.94. The molecule has 0 unspecified atom stereocenters.